The Bertz CT molecular complexity index is 356. The first-order valence-corrected chi connectivity index (χ1v) is 4.10. The summed E-state index contributed by atoms with van der Waals surface area (Å²) in [6.07, 6.45) is 1.10. The average molecular weight is 165 g/mol. The molecule has 0 saturated carbocycles. The first-order valence-electron chi connectivity index (χ1n) is 4.10. The van der Waals surface area contributed by atoms with Crippen LogP contribution in [0.4, 0.5) is 5.95 Å². The van der Waals surface area contributed by atoms with E-state index in [-0.39, 0.29) is 5.56 Å². The van der Waals surface area contributed by atoms with Gasteiger partial charge in [0.25, 0.3) is 5.56 Å². The van der Waals surface area contributed by atoms with Gasteiger partial charge in [-0.25, -0.2) is 0 Å². The molecule has 1 aliphatic heterocycles. The molecule has 1 aliphatic rings. The zero-order valence-electron chi connectivity index (χ0n) is 7.00. The largest absolute Gasteiger partial charge is 0.355 e. The summed E-state index contributed by atoms with van der Waals surface area (Å²) in [6.45, 7) is 3.80. The molecule has 0 radical (unpaired) electrons. The molecule has 1 N–H and O–H groups in total. The number of aryl methyl sites for hydroxylation is 1. The van der Waals surface area contributed by atoms with E-state index in [2.05, 4.69) is 10.3 Å². The summed E-state index contributed by atoms with van der Waals surface area (Å²) < 4.78 is 2.03. The molecule has 4 heteroatoms. The van der Waals surface area contributed by atoms with Crippen molar-refractivity contribution in [3.05, 3.63) is 22.1 Å². The minimum Gasteiger partial charge on any atom is -0.355 e. The SMILES string of the molecule is Cc1cc(=O)nc2n1CCCN2. The minimum absolute atomic E-state index is 0.159. The maximum Gasteiger partial charge on any atom is 0.274 e. The van der Waals surface area contributed by atoms with E-state index in [9.17, 15) is 4.79 Å². The third-order valence-electron chi connectivity index (χ3n) is 2.07. The van der Waals surface area contributed by atoms with Crippen molar-refractivity contribution in [1.82, 2.24) is 9.55 Å². The van der Waals surface area contributed by atoms with E-state index in [1.54, 1.807) is 6.07 Å². The maximum absolute atomic E-state index is 11.0. The van der Waals surface area contributed by atoms with Crippen LogP contribution in [0, 0.1) is 6.92 Å². The normalized spacial score (nSPS) is 15.1. The highest BCUT2D eigenvalue weighted by Crippen LogP contribution is 2.10. The highest BCUT2D eigenvalue weighted by atomic mass is 16.1. The van der Waals surface area contributed by atoms with E-state index in [0.717, 1.165) is 25.2 Å². The van der Waals surface area contributed by atoms with Crippen LogP contribution in [0.25, 0.3) is 0 Å². The molecule has 0 saturated heterocycles. The molecule has 0 spiro atoms. The van der Waals surface area contributed by atoms with Gasteiger partial charge in [0.05, 0.1) is 0 Å². The Labute approximate surface area is 70.2 Å². The van der Waals surface area contributed by atoms with Crippen LogP contribution < -0.4 is 10.9 Å². The number of hydrogen-bond donors (Lipinski definition) is 1. The van der Waals surface area contributed by atoms with Crippen LogP contribution in [-0.2, 0) is 6.54 Å². The van der Waals surface area contributed by atoms with Gasteiger partial charge >= 0.3 is 0 Å². The Balaban J connectivity index is 2.60. The van der Waals surface area contributed by atoms with Crippen LogP contribution in [0.15, 0.2) is 10.9 Å². The predicted octanol–water partition coefficient (Wildman–Crippen LogP) is 0.367. The summed E-state index contributed by atoms with van der Waals surface area (Å²) in [6, 6.07) is 1.57. The Morgan fingerprint density at radius 3 is 3.33 bits per heavy atom. The van der Waals surface area contributed by atoms with E-state index in [1.807, 2.05) is 11.5 Å². The topological polar surface area (TPSA) is 46.9 Å². The molecule has 1 aromatic heterocycles. The van der Waals surface area contributed by atoms with Crippen LogP contribution in [0.2, 0.25) is 0 Å². The molecule has 0 bridgehead atoms. The lowest BCUT2D eigenvalue weighted by molar-refractivity contribution is 0.595. The van der Waals surface area contributed by atoms with Crippen LogP contribution in [0.3, 0.4) is 0 Å². The summed E-state index contributed by atoms with van der Waals surface area (Å²) in [5.74, 6) is 0.714. The number of rotatable bonds is 0. The van der Waals surface area contributed by atoms with Crippen LogP contribution in [0.1, 0.15) is 12.1 Å². The van der Waals surface area contributed by atoms with Gasteiger partial charge in [-0.3, -0.25) is 4.79 Å². The number of nitrogens with one attached hydrogen (secondary N) is 1. The number of nitrogens with zero attached hydrogens (tertiary/aromatic N) is 2. The highest BCUT2D eigenvalue weighted by Gasteiger charge is 2.09. The van der Waals surface area contributed by atoms with Crippen LogP contribution in [0.5, 0.6) is 0 Å². The number of hydrogen-bond acceptors (Lipinski definition) is 3. The van der Waals surface area contributed by atoms with Gasteiger partial charge in [-0.05, 0) is 13.3 Å². The second-order valence-corrected chi connectivity index (χ2v) is 2.99. The van der Waals surface area contributed by atoms with E-state index in [4.69, 9.17) is 0 Å². The smallest absolute Gasteiger partial charge is 0.274 e. The van der Waals surface area contributed by atoms with Gasteiger partial charge < -0.3 is 9.88 Å². The highest BCUT2D eigenvalue weighted by molar-refractivity contribution is 5.29. The lowest BCUT2D eigenvalue weighted by Gasteiger charge is -2.20. The molecular formula is C8H11N3O. The van der Waals surface area contributed by atoms with Crippen molar-refractivity contribution in [2.24, 2.45) is 0 Å². The minimum atomic E-state index is -0.159. The molecule has 1 aromatic rings. The standard InChI is InChI=1S/C8H11N3O/c1-6-5-7(12)10-8-9-3-2-4-11(6)8/h5H,2-4H2,1H3,(H,9,10,12). The molecule has 0 atom stereocenters. The third-order valence-corrected chi connectivity index (χ3v) is 2.07. The molecule has 12 heavy (non-hydrogen) atoms. The van der Waals surface area contributed by atoms with Gasteiger partial charge in [0.1, 0.15) is 0 Å². The second kappa shape index (κ2) is 2.62. The summed E-state index contributed by atoms with van der Waals surface area (Å²) in [4.78, 5) is 14.9. The second-order valence-electron chi connectivity index (χ2n) is 2.99. The van der Waals surface area contributed by atoms with E-state index >= 15 is 0 Å². The molecule has 0 aliphatic carbocycles. The first kappa shape index (κ1) is 7.34. The molecule has 4 nitrogen and oxygen atoms in total. The molecule has 0 fully saturated rings. The summed E-state index contributed by atoms with van der Waals surface area (Å²) in [5.41, 5.74) is 0.824. The lowest BCUT2D eigenvalue weighted by atomic mass is 10.3. The number of anilines is 1. The number of aromatic nitrogens is 2. The zero-order valence-corrected chi connectivity index (χ0v) is 7.00. The molecule has 2 rings (SSSR count). The molecule has 2 heterocycles. The zero-order chi connectivity index (χ0) is 8.55. The Morgan fingerprint density at radius 1 is 1.67 bits per heavy atom. The Morgan fingerprint density at radius 2 is 2.50 bits per heavy atom. The fourth-order valence-electron chi connectivity index (χ4n) is 1.48. The van der Waals surface area contributed by atoms with Gasteiger partial charge in [0.2, 0.25) is 5.95 Å². The molecule has 0 unspecified atom stereocenters. The average Bonchev–Trinajstić information content (AvgIpc) is 2.04. The summed E-state index contributed by atoms with van der Waals surface area (Å²) >= 11 is 0. The van der Waals surface area contributed by atoms with Gasteiger partial charge in [-0.2, -0.15) is 4.98 Å². The van der Waals surface area contributed by atoms with Crippen molar-refractivity contribution in [2.45, 2.75) is 19.9 Å². The fourth-order valence-corrected chi connectivity index (χ4v) is 1.48. The Kier molecular flexibility index (Phi) is 1.60. The maximum atomic E-state index is 11.0. The summed E-state index contributed by atoms with van der Waals surface area (Å²) in [7, 11) is 0. The fraction of sp³-hybridized carbons (Fsp3) is 0.500. The quantitative estimate of drug-likeness (QED) is 0.604. The van der Waals surface area contributed by atoms with Crippen molar-refractivity contribution in [2.75, 3.05) is 11.9 Å². The molecule has 64 valence electrons. The lowest BCUT2D eigenvalue weighted by Crippen LogP contribution is -2.25. The summed E-state index contributed by atoms with van der Waals surface area (Å²) in [5, 5.41) is 3.10. The van der Waals surface area contributed by atoms with Crippen molar-refractivity contribution >= 4 is 5.95 Å². The Hall–Kier alpha value is -1.32. The monoisotopic (exact) mass is 165 g/mol. The molecule has 0 aromatic carbocycles. The van der Waals surface area contributed by atoms with Gasteiger partial charge in [0, 0.05) is 24.8 Å². The van der Waals surface area contributed by atoms with Crippen LogP contribution in [-0.4, -0.2) is 16.1 Å². The molecule has 0 amide bonds. The van der Waals surface area contributed by atoms with E-state index in [1.165, 1.54) is 0 Å². The predicted molar refractivity (Wildman–Crippen MR) is 46.3 cm³/mol. The molecular weight excluding hydrogens is 154 g/mol. The van der Waals surface area contributed by atoms with E-state index in [0.29, 0.717) is 5.95 Å². The van der Waals surface area contributed by atoms with Gasteiger partial charge in [-0.15, -0.1) is 0 Å². The first-order chi connectivity index (χ1) is 5.77. The van der Waals surface area contributed by atoms with Crippen molar-refractivity contribution in [1.29, 1.82) is 0 Å². The van der Waals surface area contributed by atoms with Gasteiger partial charge in [0.15, 0.2) is 0 Å². The van der Waals surface area contributed by atoms with Crippen LogP contribution >= 0.6 is 0 Å². The van der Waals surface area contributed by atoms with E-state index < -0.39 is 0 Å². The van der Waals surface area contributed by atoms with Crippen molar-refractivity contribution in [3.8, 4) is 0 Å². The van der Waals surface area contributed by atoms with Crippen molar-refractivity contribution in [3.63, 3.8) is 0 Å². The third kappa shape index (κ3) is 1.09. The van der Waals surface area contributed by atoms with Gasteiger partial charge in [-0.1, -0.05) is 0 Å². The number of fused-ring (bicyclic) bond motifs is 1. The van der Waals surface area contributed by atoms with Crippen molar-refractivity contribution < 1.29 is 0 Å².